The van der Waals surface area contributed by atoms with Crippen LogP contribution in [0.4, 0.5) is 0 Å². The van der Waals surface area contributed by atoms with E-state index < -0.39 is 22.1 Å². The Hall–Kier alpha value is -0.660. The highest BCUT2D eigenvalue weighted by Crippen LogP contribution is 2.38. The number of carboxylic acid groups (broad SMARTS) is 1. The molecule has 0 spiro atoms. The molecule has 0 aromatic carbocycles. The lowest BCUT2D eigenvalue weighted by molar-refractivity contribution is -0.137. The van der Waals surface area contributed by atoms with Crippen LogP contribution in [0.25, 0.3) is 0 Å². The van der Waals surface area contributed by atoms with Crippen LogP contribution in [0.15, 0.2) is 0 Å². The summed E-state index contributed by atoms with van der Waals surface area (Å²) in [5.74, 6) is -1.08. The topological polar surface area (TPSA) is 94.9 Å². The van der Waals surface area contributed by atoms with Gasteiger partial charge in [-0.05, 0) is 32.1 Å². The maximum Gasteiger partial charge on any atom is 0.303 e. The summed E-state index contributed by atoms with van der Waals surface area (Å²) in [4.78, 5) is 10.4. The summed E-state index contributed by atoms with van der Waals surface area (Å²) in [7, 11) is -3.38. The normalized spacial score (nSPS) is 32.6. The Kier molecular flexibility index (Phi) is 3.93. The van der Waals surface area contributed by atoms with E-state index in [2.05, 4.69) is 0 Å². The number of sulfonamides is 1. The van der Waals surface area contributed by atoms with Gasteiger partial charge in [0, 0.05) is 18.5 Å². The molecule has 0 aliphatic carbocycles. The van der Waals surface area contributed by atoms with Crippen molar-refractivity contribution in [3.8, 4) is 0 Å². The van der Waals surface area contributed by atoms with Crippen LogP contribution in [0.3, 0.4) is 0 Å². The number of hydrogen-bond donors (Lipinski definition) is 2. The van der Waals surface area contributed by atoms with Gasteiger partial charge in [0.15, 0.2) is 0 Å². The Morgan fingerprint density at radius 2 is 1.78 bits per heavy atom. The Balaban J connectivity index is 2.00. The molecule has 0 amide bonds. The second kappa shape index (κ2) is 5.14. The number of nitrogens with zero attached hydrogens (tertiary/aromatic N) is 1. The zero-order chi connectivity index (χ0) is 13.3. The Labute approximate surface area is 107 Å². The zero-order valence-electron chi connectivity index (χ0n) is 10.2. The first kappa shape index (κ1) is 13.8. The molecule has 0 aromatic rings. The van der Waals surface area contributed by atoms with E-state index in [4.69, 9.17) is 5.11 Å². The third-order valence-electron chi connectivity index (χ3n) is 3.76. The molecule has 7 heteroatoms. The fraction of sp³-hybridized carbons (Fsp3) is 0.909. The van der Waals surface area contributed by atoms with Gasteiger partial charge in [-0.15, -0.1) is 0 Å². The first-order valence-corrected chi connectivity index (χ1v) is 7.92. The molecule has 104 valence electrons. The first-order valence-electron chi connectivity index (χ1n) is 6.31. The van der Waals surface area contributed by atoms with Crippen molar-refractivity contribution in [3.05, 3.63) is 0 Å². The number of piperidine rings is 1. The minimum Gasteiger partial charge on any atom is -0.481 e. The molecule has 2 aliphatic rings. The maximum absolute atomic E-state index is 12.2. The minimum atomic E-state index is -3.38. The van der Waals surface area contributed by atoms with Crippen molar-refractivity contribution in [3.63, 3.8) is 0 Å². The third kappa shape index (κ3) is 2.84. The van der Waals surface area contributed by atoms with Crippen LogP contribution < -0.4 is 0 Å². The molecule has 2 N–H and O–H groups in total. The van der Waals surface area contributed by atoms with E-state index >= 15 is 0 Å². The van der Waals surface area contributed by atoms with Crippen molar-refractivity contribution < 1.29 is 23.4 Å². The van der Waals surface area contributed by atoms with Crippen molar-refractivity contribution in [2.24, 2.45) is 0 Å². The number of aliphatic hydroxyl groups excluding tert-OH is 1. The van der Waals surface area contributed by atoms with E-state index in [9.17, 15) is 18.3 Å². The third-order valence-corrected chi connectivity index (χ3v) is 5.80. The van der Waals surface area contributed by atoms with Crippen LogP contribution >= 0.6 is 0 Å². The van der Waals surface area contributed by atoms with Crippen molar-refractivity contribution in [1.82, 2.24) is 4.31 Å². The summed E-state index contributed by atoms with van der Waals surface area (Å²) < 4.78 is 25.9. The van der Waals surface area contributed by atoms with Crippen LogP contribution in [-0.2, 0) is 14.8 Å². The first-order chi connectivity index (χ1) is 8.40. The number of carboxylic acids is 1. The van der Waals surface area contributed by atoms with Gasteiger partial charge in [-0.25, -0.2) is 8.42 Å². The molecule has 2 bridgehead atoms. The van der Waals surface area contributed by atoms with E-state index in [1.807, 2.05) is 0 Å². The molecule has 2 aliphatic heterocycles. The minimum absolute atomic E-state index is 0.0893. The molecule has 2 unspecified atom stereocenters. The Bertz CT molecular complexity index is 407. The maximum atomic E-state index is 12.2. The summed E-state index contributed by atoms with van der Waals surface area (Å²) in [5, 5.41) is 18.2. The van der Waals surface area contributed by atoms with Gasteiger partial charge < -0.3 is 10.2 Å². The van der Waals surface area contributed by atoms with Crippen molar-refractivity contribution in [2.45, 2.75) is 56.7 Å². The van der Waals surface area contributed by atoms with Crippen molar-refractivity contribution in [1.29, 1.82) is 0 Å². The smallest absolute Gasteiger partial charge is 0.303 e. The lowest BCUT2D eigenvalue weighted by Gasteiger charge is -2.36. The van der Waals surface area contributed by atoms with Crippen molar-refractivity contribution >= 4 is 16.0 Å². The van der Waals surface area contributed by atoms with Gasteiger partial charge in [0.25, 0.3) is 0 Å². The van der Waals surface area contributed by atoms with Crippen LogP contribution in [0.1, 0.15) is 38.5 Å². The molecule has 6 nitrogen and oxygen atoms in total. The Morgan fingerprint density at radius 1 is 1.22 bits per heavy atom. The highest BCUT2D eigenvalue weighted by molar-refractivity contribution is 7.89. The van der Waals surface area contributed by atoms with E-state index in [0.29, 0.717) is 12.8 Å². The van der Waals surface area contributed by atoms with Gasteiger partial charge in [0.05, 0.1) is 11.9 Å². The van der Waals surface area contributed by atoms with Gasteiger partial charge >= 0.3 is 5.97 Å². The number of carbonyl (C=O) groups is 1. The summed E-state index contributed by atoms with van der Waals surface area (Å²) in [6.07, 6.45) is 2.26. The van der Waals surface area contributed by atoms with Gasteiger partial charge in [-0.2, -0.15) is 4.31 Å². The second-order valence-electron chi connectivity index (χ2n) is 5.15. The predicted molar refractivity (Wildman–Crippen MR) is 64.5 cm³/mol. The van der Waals surface area contributed by atoms with E-state index in [1.165, 1.54) is 4.31 Å². The molecule has 0 radical (unpaired) electrons. The van der Waals surface area contributed by atoms with Gasteiger partial charge in [0.1, 0.15) is 0 Å². The van der Waals surface area contributed by atoms with Crippen LogP contribution in [-0.4, -0.2) is 52.8 Å². The lowest BCUT2D eigenvalue weighted by Crippen LogP contribution is -2.48. The molecule has 2 saturated heterocycles. The predicted octanol–water partition coefficient (Wildman–Crippen LogP) is 0.169. The van der Waals surface area contributed by atoms with Gasteiger partial charge in [0.2, 0.25) is 10.0 Å². The van der Waals surface area contributed by atoms with Gasteiger partial charge in [-0.3, -0.25) is 4.79 Å². The molecule has 18 heavy (non-hydrogen) atoms. The largest absolute Gasteiger partial charge is 0.481 e. The molecule has 2 fully saturated rings. The highest BCUT2D eigenvalue weighted by atomic mass is 32.2. The number of aliphatic hydroxyl groups is 1. The highest BCUT2D eigenvalue weighted by Gasteiger charge is 2.45. The molecule has 2 atom stereocenters. The molecule has 0 aromatic heterocycles. The quantitative estimate of drug-likeness (QED) is 0.747. The Morgan fingerprint density at radius 3 is 2.28 bits per heavy atom. The molecule has 0 saturated carbocycles. The number of rotatable bonds is 5. The molecular formula is C11H19NO5S. The van der Waals surface area contributed by atoms with Crippen LogP contribution in [0, 0.1) is 0 Å². The molecular weight excluding hydrogens is 258 g/mol. The summed E-state index contributed by atoms with van der Waals surface area (Å²) in [6.45, 7) is 0. The number of hydrogen-bond acceptors (Lipinski definition) is 4. The number of fused-ring (bicyclic) bond motifs is 2. The SMILES string of the molecule is O=C(O)CCCS(=O)(=O)N1C2CCC1CC(O)C2. The molecule has 2 heterocycles. The average molecular weight is 277 g/mol. The van der Waals surface area contributed by atoms with E-state index in [-0.39, 0.29) is 30.7 Å². The van der Waals surface area contributed by atoms with Gasteiger partial charge in [-0.1, -0.05) is 0 Å². The van der Waals surface area contributed by atoms with Crippen molar-refractivity contribution in [2.75, 3.05) is 5.75 Å². The summed E-state index contributed by atoms with van der Waals surface area (Å²) in [6, 6.07) is -0.179. The van der Waals surface area contributed by atoms with Crippen LogP contribution in [0.5, 0.6) is 0 Å². The fourth-order valence-corrected chi connectivity index (χ4v) is 5.08. The van der Waals surface area contributed by atoms with Crippen LogP contribution in [0.2, 0.25) is 0 Å². The zero-order valence-corrected chi connectivity index (χ0v) is 11.0. The number of aliphatic carboxylic acids is 1. The lowest BCUT2D eigenvalue weighted by atomic mass is 10.0. The summed E-state index contributed by atoms with van der Waals surface area (Å²) in [5.41, 5.74) is 0. The second-order valence-corrected chi connectivity index (χ2v) is 7.15. The monoisotopic (exact) mass is 277 g/mol. The summed E-state index contributed by atoms with van der Waals surface area (Å²) >= 11 is 0. The molecule has 2 rings (SSSR count). The van der Waals surface area contributed by atoms with E-state index in [0.717, 1.165) is 12.8 Å². The standard InChI is InChI=1S/C11H19NO5S/c13-10-6-8-3-4-9(7-10)12(8)18(16,17)5-1-2-11(14)15/h8-10,13H,1-7H2,(H,14,15). The fourth-order valence-electron chi connectivity index (χ4n) is 3.07. The average Bonchev–Trinajstić information content (AvgIpc) is 2.52. The van der Waals surface area contributed by atoms with E-state index in [1.54, 1.807) is 0 Å².